The first-order valence-electron chi connectivity index (χ1n) is 7.43. The molecule has 7 heteroatoms. The van der Waals surface area contributed by atoms with Crippen LogP contribution < -0.4 is 9.64 Å². The number of ether oxygens (including phenoxy) is 1. The van der Waals surface area contributed by atoms with Crippen molar-refractivity contribution >= 4 is 17.5 Å². The molecule has 0 saturated carbocycles. The van der Waals surface area contributed by atoms with Gasteiger partial charge in [-0.05, 0) is 24.2 Å². The lowest BCUT2D eigenvalue weighted by molar-refractivity contribution is 0.265. The molecular formula is C15H19FN4OS. The lowest BCUT2D eigenvalue weighted by Crippen LogP contribution is -2.46. The summed E-state index contributed by atoms with van der Waals surface area (Å²) in [6.45, 7) is 7.45. The van der Waals surface area contributed by atoms with Crippen LogP contribution in [0, 0.1) is 5.82 Å². The lowest BCUT2D eigenvalue weighted by atomic mass is 10.2. The van der Waals surface area contributed by atoms with Gasteiger partial charge in [-0.1, -0.05) is 19.1 Å². The van der Waals surface area contributed by atoms with Crippen LogP contribution in [0.5, 0.6) is 5.88 Å². The Morgan fingerprint density at radius 2 is 2.05 bits per heavy atom. The molecule has 1 aromatic carbocycles. The molecule has 0 N–H and O–H groups in total. The van der Waals surface area contributed by atoms with E-state index in [0.717, 1.165) is 55.8 Å². The van der Waals surface area contributed by atoms with Crippen molar-refractivity contribution in [1.82, 2.24) is 13.6 Å². The van der Waals surface area contributed by atoms with Crippen LogP contribution in [-0.4, -0.2) is 46.4 Å². The third-order valence-electron chi connectivity index (χ3n) is 3.83. The summed E-state index contributed by atoms with van der Waals surface area (Å²) in [6, 6.07) is 6.41. The molecule has 0 aliphatic carbocycles. The first-order chi connectivity index (χ1) is 10.8. The van der Waals surface area contributed by atoms with Crippen LogP contribution in [0.4, 0.5) is 10.2 Å². The number of hydrogen-bond donors (Lipinski definition) is 0. The molecule has 118 valence electrons. The van der Waals surface area contributed by atoms with Gasteiger partial charge in [0.1, 0.15) is 12.4 Å². The fourth-order valence-electron chi connectivity index (χ4n) is 2.51. The molecule has 22 heavy (non-hydrogen) atoms. The number of nitrogens with zero attached hydrogens (tertiary/aromatic N) is 4. The maximum Gasteiger partial charge on any atom is 0.271 e. The molecule has 5 nitrogen and oxygen atoms in total. The summed E-state index contributed by atoms with van der Waals surface area (Å²) >= 11 is 1.15. The first kappa shape index (κ1) is 15.2. The molecule has 0 radical (unpaired) electrons. The molecule has 1 saturated heterocycles. The second kappa shape index (κ2) is 7.02. The van der Waals surface area contributed by atoms with Crippen LogP contribution in [0.25, 0.3) is 0 Å². The zero-order valence-corrected chi connectivity index (χ0v) is 13.4. The van der Waals surface area contributed by atoms with Gasteiger partial charge in [0.15, 0.2) is 0 Å². The van der Waals surface area contributed by atoms with Crippen LogP contribution in [0.1, 0.15) is 12.5 Å². The minimum absolute atomic E-state index is 0.256. The largest absolute Gasteiger partial charge is 0.470 e. The Balaban J connectivity index is 1.63. The van der Waals surface area contributed by atoms with Gasteiger partial charge in [0, 0.05) is 26.2 Å². The first-order valence-corrected chi connectivity index (χ1v) is 8.16. The van der Waals surface area contributed by atoms with Gasteiger partial charge in [-0.25, -0.2) is 4.39 Å². The monoisotopic (exact) mass is 322 g/mol. The SMILES string of the molecule is CCN1CCN(c2nsnc2OCc2cccc(F)c2)CC1. The molecule has 2 aromatic rings. The van der Waals surface area contributed by atoms with Crippen LogP contribution in [-0.2, 0) is 6.61 Å². The van der Waals surface area contributed by atoms with E-state index in [1.807, 2.05) is 6.07 Å². The van der Waals surface area contributed by atoms with Gasteiger partial charge >= 0.3 is 0 Å². The van der Waals surface area contributed by atoms with Crippen LogP contribution in [0.15, 0.2) is 24.3 Å². The van der Waals surface area contributed by atoms with E-state index in [1.165, 1.54) is 12.1 Å². The quantitative estimate of drug-likeness (QED) is 0.845. The molecule has 0 unspecified atom stereocenters. The van der Waals surface area contributed by atoms with Gasteiger partial charge in [0.25, 0.3) is 5.88 Å². The third kappa shape index (κ3) is 3.53. The molecule has 1 aliphatic heterocycles. The van der Waals surface area contributed by atoms with Gasteiger partial charge in [-0.15, -0.1) is 4.37 Å². The number of halogens is 1. The normalized spacial score (nSPS) is 16.0. The molecule has 0 bridgehead atoms. The summed E-state index contributed by atoms with van der Waals surface area (Å²) in [6.07, 6.45) is 0. The van der Waals surface area contributed by atoms with E-state index < -0.39 is 0 Å². The van der Waals surface area contributed by atoms with E-state index in [0.29, 0.717) is 12.5 Å². The van der Waals surface area contributed by atoms with Crippen molar-refractivity contribution in [3.63, 3.8) is 0 Å². The van der Waals surface area contributed by atoms with E-state index in [9.17, 15) is 4.39 Å². The smallest absolute Gasteiger partial charge is 0.271 e. The number of aromatic nitrogens is 2. The molecule has 0 atom stereocenters. The molecule has 2 heterocycles. The van der Waals surface area contributed by atoms with E-state index >= 15 is 0 Å². The Labute approximate surface area is 133 Å². The fraction of sp³-hybridized carbons (Fsp3) is 0.467. The number of piperazine rings is 1. The lowest BCUT2D eigenvalue weighted by Gasteiger charge is -2.34. The van der Waals surface area contributed by atoms with Crippen LogP contribution >= 0.6 is 11.7 Å². The summed E-state index contributed by atoms with van der Waals surface area (Å²) in [5.74, 6) is 1.09. The Morgan fingerprint density at radius 3 is 2.77 bits per heavy atom. The Kier molecular flexibility index (Phi) is 4.84. The number of anilines is 1. The number of hydrogen-bond acceptors (Lipinski definition) is 6. The summed E-state index contributed by atoms with van der Waals surface area (Å²) in [4.78, 5) is 4.61. The van der Waals surface area contributed by atoms with Crippen molar-refractivity contribution in [2.75, 3.05) is 37.6 Å². The van der Waals surface area contributed by atoms with Gasteiger partial charge in [-0.3, -0.25) is 0 Å². The molecule has 1 aromatic heterocycles. The maximum atomic E-state index is 13.2. The fourth-order valence-corrected chi connectivity index (χ4v) is 3.03. The number of rotatable bonds is 5. The highest BCUT2D eigenvalue weighted by Gasteiger charge is 2.22. The van der Waals surface area contributed by atoms with Gasteiger partial charge < -0.3 is 14.5 Å². The van der Waals surface area contributed by atoms with E-state index in [1.54, 1.807) is 6.07 Å². The molecule has 0 spiro atoms. The van der Waals surface area contributed by atoms with Gasteiger partial charge in [0.2, 0.25) is 5.82 Å². The highest BCUT2D eigenvalue weighted by molar-refractivity contribution is 6.99. The van der Waals surface area contributed by atoms with Crippen molar-refractivity contribution in [1.29, 1.82) is 0 Å². The number of benzene rings is 1. The standard InChI is InChI=1S/C15H19FN4OS/c1-2-19-6-8-20(9-7-19)14-15(18-22-17-14)21-11-12-4-3-5-13(16)10-12/h3-5,10H,2,6-9,11H2,1H3. The van der Waals surface area contributed by atoms with Crippen molar-refractivity contribution in [2.24, 2.45) is 0 Å². The molecule has 0 amide bonds. The van der Waals surface area contributed by atoms with Crippen molar-refractivity contribution < 1.29 is 9.13 Å². The Bertz CT molecular complexity index is 613. The second-order valence-electron chi connectivity index (χ2n) is 5.23. The second-order valence-corrected chi connectivity index (χ2v) is 5.76. The minimum atomic E-state index is -0.256. The predicted molar refractivity (Wildman–Crippen MR) is 85.0 cm³/mol. The zero-order valence-electron chi connectivity index (χ0n) is 12.5. The van der Waals surface area contributed by atoms with E-state index in [2.05, 4.69) is 25.5 Å². The summed E-state index contributed by atoms with van der Waals surface area (Å²) in [5, 5.41) is 0. The minimum Gasteiger partial charge on any atom is -0.470 e. The zero-order chi connectivity index (χ0) is 15.4. The average Bonchev–Trinajstić information content (AvgIpc) is 3.01. The average molecular weight is 322 g/mol. The highest BCUT2D eigenvalue weighted by atomic mass is 32.1. The van der Waals surface area contributed by atoms with Crippen molar-refractivity contribution in [3.05, 3.63) is 35.6 Å². The highest BCUT2D eigenvalue weighted by Crippen LogP contribution is 2.27. The summed E-state index contributed by atoms with van der Waals surface area (Å²) < 4.78 is 27.5. The van der Waals surface area contributed by atoms with Crippen LogP contribution in [0.3, 0.4) is 0 Å². The maximum absolute atomic E-state index is 13.2. The molecular weight excluding hydrogens is 303 g/mol. The summed E-state index contributed by atoms with van der Waals surface area (Å²) in [7, 11) is 0. The number of likely N-dealkylation sites (N-methyl/N-ethyl adjacent to an activating group) is 1. The molecule has 3 rings (SSSR count). The van der Waals surface area contributed by atoms with Gasteiger partial charge in [0.05, 0.1) is 11.7 Å². The molecule has 1 fully saturated rings. The van der Waals surface area contributed by atoms with Crippen LogP contribution in [0.2, 0.25) is 0 Å². The Morgan fingerprint density at radius 1 is 1.23 bits per heavy atom. The Hall–Kier alpha value is -1.73. The summed E-state index contributed by atoms with van der Waals surface area (Å²) in [5.41, 5.74) is 0.787. The van der Waals surface area contributed by atoms with E-state index in [-0.39, 0.29) is 5.82 Å². The third-order valence-corrected chi connectivity index (χ3v) is 4.33. The molecule has 1 aliphatic rings. The topological polar surface area (TPSA) is 41.5 Å². The van der Waals surface area contributed by atoms with Crippen molar-refractivity contribution in [2.45, 2.75) is 13.5 Å². The van der Waals surface area contributed by atoms with Gasteiger partial charge in [-0.2, -0.15) is 4.37 Å². The predicted octanol–water partition coefficient (Wildman–Crippen LogP) is 2.40. The van der Waals surface area contributed by atoms with E-state index in [4.69, 9.17) is 4.74 Å². The van der Waals surface area contributed by atoms with Crippen molar-refractivity contribution in [3.8, 4) is 5.88 Å².